The van der Waals surface area contributed by atoms with E-state index in [1.165, 1.54) is 22.4 Å². The van der Waals surface area contributed by atoms with Crippen molar-refractivity contribution in [2.75, 3.05) is 24.2 Å². The highest BCUT2D eigenvalue weighted by atomic mass is 35.5. The minimum absolute atomic E-state index is 0.0182. The fourth-order valence-electron chi connectivity index (χ4n) is 4.58. The van der Waals surface area contributed by atoms with Crippen LogP contribution >= 0.6 is 34.8 Å². The number of hydrogen-bond donors (Lipinski definition) is 1. The van der Waals surface area contributed by atoms with Gasteiger partial charge in [0.15, 0.2) is 0 Å². The summed E-state index contributed by atoms with van der Waals surface area (Å²) in [6.45, 7) is 3.78. The van der Waals surface area contributed by atoms with Gasteiger partial charge in [0.2, 0.25) is 21.8 Å². The molecule has 0 aliphatic rings. The summed E-state index contributed by atoms with van der Waals surface area (Å²) < 4.78 is 31.8. The second kappa shape index (κ2) is 15.7. The summed E-state index contributed by atoms with van der Waals surface area (Å²) in [6, 6.07) is 18.1. The number of sulfonamides is 1. The number of carbonyl (C=O) groups excluding carboxylic acids is 2. The van der Waals surface area contributed by atoms with Crippen molar-refractivity contribution in [3.63, 3.8) is 0 Å². The molecule has 0 spiro atoms. The van der Waals surface area contributed by atoms with E-state index in [0.29, 0.717) is 27.0 Å². The van der Waals surface area contributed by atoms with Crippen LogP contribution < -0.4 is 14.4 Å². The molecule has 232 valence electrons. The van der Waals surface area contributed by atoms with Crippen molar-refractivity contribution in [3.05, 3.63) is 92.9 Å². The molecule has 8 nitrogen and oxygen atoms in total. The molecule has 0 saturated heterocycles. The highest BCUT2D eigenvalue weighted by Gasteiger charge is 2.31. The number of rotatable bonds is 14. The van der Waals surface area contributed by atoms with E-state index >= 15 is 0 Å². The summed E-state index contributed by atoms with van der Waals surface area (Å²) in [6.07, 6.45) is 1.52. The van der Waals surface area contributed by atoms with E-state index in [0.717, 1.165) is 11.8 Å². The molecule has 0 aromatic heterocycles. The fraction of sp³-hybridized carbons (Fsp3) is 0.355. The number of carbonyl (C=O) groups is 2. The van der Waals surface area contributed by atoms with Gasteiger partial charge in [-0.3, -0.25) is 13.9 Å². The van der Waals surface area contributed by atoms with Gasteiger partial charge in [0, 0.05) is 42.0 Å². The van der Waals surface area contributed by atoms with Gasteiger partial charge in [-0.25, -0.2) is 8.42 Å². The Labute approximate surface area is 268 Å². The number of anilines is 1. The van der Waals surface area contributed by atoms with Crippen LogP contribution in [0, 0.1) is 0 Å². The molecule has 0 radical (unpaired) electrons. The first kappa shape index (κ1) is 34.5. The molecule has 43 heavy (non-hydrogen) atoms. The molecule has 12 heteroatoms. The van der Waals surface area contributed by atoms with E-state index < -0.39 is 16.1 Å². The minimum Gasteiger partial charge on any atom is -0.495 e. The first-order valence-electron chi connectivity index (χ1n) is 13.7. The van der Waals surface area contributed by atoms with Crippen LogP contribution in [-0.4, -0.2) is 57.1 Å². The number of ether oxygens (including phenoxy) is 1. The largest absolute Gasteiger partial charge is 0.495 e. The average Bonchev–Trinajstić information content (AvgIpc) is 2.93. The predicted molar refractivity (Wildman–Crippen MR) is 174 cm³/mol. The summed E-state index contributed by atoms with van der Waals surface area (Å²) in [5, 5.41) is 4.02. The Bertz CT molecular complexity index is 1520. The first-order chi connectivity index (χ1) is 20.3. The number of amides is 2. The van der Waals surface area contributed by atoms with Crippen LogP contribution in [-0.2, 0) is 32.6 Å². The van der Waals surface area contributed by atoms with Crippen LogP contribution in [0.3, 0.4) is 0 Å². The molecule has 3 rings (SSSR count). The number of hydrogen-bond acceptors (Lipinski definition) is 5. The van der Waals surface area contributed by atoms with Crippen molar-refractivity contribution >= 4 is 62.3 Å². The Balaban J connectivity index is 1.91. The van der Waals surface area contributed by atoms with Crippen molar-refractivity contribution in [1.29, 1.82) is 0 Å². The van der Waals surface area contributed by atoms with Gasteiger partial charge in [-0.1, -0.05) is 71.2 Å². The van der Waals surface area contributed by atoms with Crippen molar-refractivity contribution in [2.24, 2.45) is 0 Å². The van der Waals surface area contributed by atoms with Gasteiger partial charge in [0.05, 0.1) is 24.1 Å². The molecule has 3 aromatic rings. The third-order valence-corrected chi connectivity index (χ3v) is 8.71. The fourth-order valence-corrected chi connectivity index (χ4v) is 6.26. The zero-order chi connectivity index (χ0) is 31.7. The predicted octanol–water partition coefficient (Wildman–Crippen LogP) is 6.37. The van der Waals surface area contributed by atoms with Crippen molar-refractivity contribution < 1.29 is 22.7 Å². The van der Waals surface area contributed by atoms with Crippen molar-refractivity contribution in [1.82, 2.24) is 10.2 Å². The van der Waals surface area contributed by atoms with Crippen LogP contribution in [0.15, 0.2) is 66.7 Å². The number of benzene rings is 3. The summed E-state index contributed by atoms with van der Waals surface area (Å²) >= 11 is 18.8. The maximum Gasteiger partial charge on any atom is 0.243 e. The molecule has 0 saturated carbocycles. The van der Waals surface area contributed by atoms with Crippen molar-refractivity contribution in [3.8, 4) is 5.75 Å². The van der Waals surface area contributed by atoms with E-state index in [1.54, 1.807) is 30.3 Å². The molecule has 0 fully saturated rings. The molecule has 0 unspecified atom stereocenters. The van der Waals surface area contributed by atoms with Gasteiger partial charge in [-0.15, -0.1) is 0 Å². The van der Waals surface area contributed by atoms with E-state index in [4.69, 9.17) is 39.5 Å². The highest BCUT2D eigenvalue weighted by Crippen LogP contribution is 2.31. The van der Waals surface area contributed by atoms with E-state index in [9.17, 15) is 18.0 Å². The molecular weight excluding hydrogens is 633 g/mol. The maximum atomic E-state index is 13.9. The zero-order valence-electron chi connectivity index (χ0n) is 24.5. The Kier molecular flexibility index (Phi) is 12.6. The molecular formula is C31H36Cl3N3O5S. The van der Waals surface area contributed by atoms with Crippen LogP contribution in [0.25, 0.3) is 0 Å². The standard InChI is InChI=1S/C31H36Cl3N3O5S/c1-21(2)35-31(39)28(17-22-9-6-5-7-10-22)36(20-23-12-13-24(32)18-26(23)33)30(38)11-8-16-37(43(4,40)41)25-14-15-29(42-3)27(34)19-25/h5-7,9-10,12-15,18-19,21,28H,8,11,16-17,20H2,1-4H3,(H,35,39)/t28-/m1/s1. The number of nitrogens with one attached hydrogen (secondary N) is 1. The lowest BCUT2D eigenvalue weighted by atomic mass is 10.0. The molecule has 1 N–H and O–H groups in total. The van der Waals surface area contributed by atoms with E-state index in [2.05, 4.69) is 5.32 Å². The minimum atomic E-state index is -3.70. The Morgan fingerprint density at radius 3 is 2.23 bits per heavy atom. The van der Waals surface area contributed by atoms with Crippen LogP contribution in [0.2, 0.25) is 15.1 Å². The molecule has 1 atom stereocenters. The topological polar surface area (TPSA) is 96.0 Å². The second-order valence-corrected chi connectivity index (χ2v) is 13.5. The monoisotopic (exact) mass is 667 g/mol. The summed E-state index contributed by atoms with van der Waals surface area (Å²) in [7, 11) is -2.23. The Hall–Kier alpha value is -2.98. The Morgan fingerprint density at radius 2 is 1.65 bits per heavy atom. The Morgan fingerprint density at radius 1 is 0.953 bits per heavy atom. The third kappa shape index (κ3) is 10.0. The van der Waals surface area contributed by atoms with Crippen molar-refractivity contribution in [2.45, 2.75) is 51.7 Å². The summed E-state index contributed by atoms with van der Waals surface area (Å²) in [5.74, 6) is -0.218. The molecule has 3 aromatic carbocycles. The van der Waals surface area contributed by atoms with E-state index in [1.807, 2.05) is 44.2 Å². The number of methoxy groups -OCH3 is 1. The molecule has 2 amide bonds. The van der Waals surface area contributed by atoms with Gasteiger partial charge in [0.25, 0.3) is 0 Å². The number of nitrogens with zero attached hydrogens (tertiary/aromatic N) is 2. The zero-order valence-corrected chi connectivity index (χ0v) is 27.6. The molecule has 0 heterocycles. The molecule has 0 bridgehead atoms. The second-order valence-electron chi connectivity index (χ2n) is 10.4. The molecule has 0 aliphatic heterocycles. The molecule has 0 aliphatic carbocycles. The first-order valence-corrected chi connectivity index (χ1v) is 16.7. The third-order valence-electron chi connectivity index (χ3n) is 6.63. The summed E-state index contributed by atoms with van der Waals surface area (Å²) in [4.78, 5) is 29.0. The van der Waals surface area contributed by atoms with Crippen LogP contribution in [0.5, 0.6) is 5.75 Å². The van der Waals surface area contributed by atoms with E-state index in [-0.39, 0.29) is 55.2 Å². The van der Waals surface area contributed by atoms with Gasteiger partial charge in [-0.05, 0) is 61.7 Å². The lowest BCUT2D eigenvalue weighted by Crippen LogP contribution is -2.51. The normalized spacial score (nSPS) is 12.1. The van der Waals surface area contributed by atoms with Gasteiger partial charge in [-0.2, -0.15) is 0 Å². The quantitative estimate of drug-likeness (QED) is 0.216. The number of halogens is 3. The van der Waals surface area contributed by atoms with Gasteiger partial charge < -0.3 is 15.0 Å². The maximum absolute atomic E-state index is 13.9. The lowest BCUT2D eigenvalue weighted by molar-refractivity contribution is -0.141. The SMILES string of the molecule is COc1ccc(N(CCCC(=O)N(Cc2ccc(Cl)cc2Cl)[C@H](Cc2ccccc2)C(=O)NC(C)C)S(C)(=O)=O)cc1Cl. The smallest absolute Gasteiger partial charge is 0.243 e. The lowest BCUT2D eigenvalue weighted by Gasteiger charge is -2.32. The van der Waals surface area contributed by atoms with Crippen LogP contribution in [0.4, 0.5) is 5.69 Å². The summed E-state index contributed by atoms with van der Waals surface area (Å²) in [5.41, 5.74) is 1.86. The van der Waals surface area contributed by atoms with Gasteiger partial charge in [0.1, 0.15) is 11.8 Å². The highest BCUT2D eigenvalue weighted by molar-refractivity contribution is 7.92. The van der Waals surface area contributed by atoms with Crippen LogP contribution in [0.1, 0.15) is 37.8 Å². The average molecular weight is 669 g/mol. The van der Waals surface area contributed by atoms with Gasteiger partial charge >= 0.3 is 0 Å².